The Kier molecular flexibility index (Phi) is 3.36. The maximum absolute atomic E-state index is 10.8. The summed E-state index contributed by atoms with van der Waals surface area (Å²) in [6, 6.07) is 7.85. The van der Waals surface area contributed by atoms with Gasteiger partial charge in [-0.15, -0.1) is 0 Å². The van der Waals surface area contributed by atoms with E-state index in [9.17, 15) is 5.11 Å². The second kappa shape index (κ2) is 5.17. The Morgan fingerprint density at radius 2 is 2.25 bits per heavy atom. The van der Waals surface area contributed by atoms with Crippen LogP contribution in [0, 0.1) is 0 Å². The van der Waals surface area contributed by atoms with Gasteiger partial charge in [-0.1, -0.05) is 18.2 Å². The van der Waals surface area contributed by atoms with E-state index in [2.05, 4.69) is 5.10 Å². The maximum atomic E-state index is 10.8. The summed E-state index contributed by atoms with van der Waals surface area (Å²) < 4.78 is 12.6. The van der Waals surface area contributed by atoms with Gasteiger partial charge in [-0.25, -0.2) is 0 Å². The van der Waals surface area contributed by atoms with Crippen LogP contribution in [0.1, 0.15) is 29.7 Å². The van der Waals surface area contributed by atoms with Gasteiger partial charge in [0, 0.05) is 18.5 Å². The van der Waals surface area contributed by atoms with Crippen molar-refractivity contribution in [2.75, 3.05) is 13.7 Å². The molecule has 0 aliphatic carbocycles. The average Bonchev–Trinajstić information content (AvgIpc) is 2.87. The molecule has 0 bridgehead atoms. The van der Waals surface area contributed by atoms with Crippen molar-refractivity contribution < 1.29 is 14.6 Å². The van der Waals surface area contributed by atoms with E-state index in [1.807, 2.05) is 31.3 Å². The molecular formula is C15H18N2O3. The molecule has 2 aromatic rings. The molecule has 0 fully saturated rings. The van der Waals surface area contributed by atoms with Gasteiger partial charge in [0.25, 0.3) is 0 Å². The molecule has 1 aromatic carbocycles. The number of hydrogen-bond acceptors (Lipinski definition) is 4. The lowest BCUT2D eigenvalue weighted by Gasteiger charge is -2.29. The number of para-hydroxylation sites is 1. The van der Waals surface area contributed by atoms with Gasteiger partial charge < -0.3 is 14.6 Å². The van der Waals surface area contributed by atoms with Crippen molar-refractivity contribution in [3.05, 3.63) is 41.7 Å². The number of methoxy groups -OCH3 is 1. The smallest absolute Gasteiger partial charge is 0.162 e. The molecule has 5 nitrogen and oxygen atoms in total. The summed E-state index contributed by atoms with van der Waals surface area (Å²) in [5.74, 6) is 1.46. The number of ether oxygens (including phenoxy) is 2. The number of fused-ring (bicyclic) bond motifs is 1. The van der Waals surface area contributed by atoms with Gasteiger partial charge in [-0.05, 0) is 12.5 Å². The number of aromatic nitrogens is 2. The van der Waals surface area contributed by atoms with E-state index in [0.717, 1.165) is 17.7 Å². The fourth-order valence-corrected chi connectivity index (χ4v) is 2.81. The van der Waals surface area contributed by atoms with Gasteiger partial charge in [0.1, 0.15) is 17.5 Å². The summed E-state index contributed by atoms with van der Waals surface area (Å²) in [6.07, 6.45) is 1.73. The van der Waals surface area contributed by atoms with Crippen molar-refractivity contribution in [3.63, 3.8) is 0 Å². The summed E-state index contributed by atoms with van der Waals surface area (Å²) in [7, 11) is 3.40. The molecule has 1 aliphatic rings. The minimum Gasteiger partial charge on any atom is -0.493 e. The molecular weight excluding hydrogens is 256 g/mol. The first kappa shape index (κ1) is 13.0. The van der Waals surface area contributed by atoms with Crippen molar-refractivity contribution in [3.8, 4) is 11.5 Å². The summed E-state index contributed by atoms with van der Waals surface area (Å²) in [5.41, 5.74) is 1.74. The number of aliphatic hydroxyl groups is 1. The highest BCUT2D eigenvalue weighted by Gasteiger charge is 2.32. The molecule has 20 heavy (non-hydrogen) atoms. The van der Waals surface area contributed by atoms with Crippen LogP contribution < -0.4 is 9.47 Å². The average molecular weight is 274 g/mol. The molecule has 106 valence electrons. The second-order valence-electron chi connectivity index (χ2n) is 4.95. The van der Waals surface area contributed by atoms with Crippen LogP contribution in [0.25, 0.3) is 0 Å². The van der Waals surface area contributed by atoms with Crippen LogP contribution in [-0.4, -0.2) is 28.6 Å². The molecule has 1 N–H and O–H groups in total. The monoisotopic (exact) mass is 274 g/mol. The number of nitrogens with zero attached hydrogens (tertiary/aromatic N) is 2. The van der Waals surface area contributed by atoms with Crippen molar-refractivity contribution in [2.24, 2.45) is 7.05 Å². The topological polar surface area (TPSA) is 56.5 Å². The van der Waals surface area contributed by atoms with Gasteiger partial charge in [-0.2, -0.15) is 5.10 Å². The van der Waals surface area contributed by atoms with E-state index in [-0.39, 0.29) is 5.92 Å². The zero-order valence-electron chi connectivity index (χ0n) is 11.6. The predicted octanol–water partition coefficient (Wildman–Crippen LogP) is 2.03. The highest BCUT2D eigenvalue weighted by atomic mass is 16.5. The molecule has 3 rings (SSSR count). The third-order valence-electron chi connectivity index (χ3n) is 3.84. The van der Waals surface area contributed by atoms with Crippen LogP contribution >= 0.6 is 0 Å². The zero-order valence-corrected chi connectivity index (χ0v) is 11.6. The molecule has 1 aromatic heterocycles. The lowest BCUT2D eigenvalue weighted by atomic mass is 9.86. The van der Waals surface area contributed by atoms with Crippen LogP contribution in [0.3, 0.4) is 0 Å². The normalized spacial score (nSPS) is 19.1. The number of hydrogen-bond donors (Lipinski definition) is 1. The number of rotatable bonds is 3. The Morgan fingerprint density at radius 1 is 1.45 bits per heavy atom. The second-order valence-corrected chi connectivity index (χ2v) is 4.95. The Balaban J connectivity index is 1.99. The standard InChI is InChI=1S/C15H18N2O3/c1-17-14(13(19-2)9-16-17)15(18)11-7-8-20-12-6-4-3-5-10(11)12/h3-6,9,11,15,18H,7-8H2,1-2H3. The van der Waals surface area contributed by atoms with Crippen LogP contribution in [0.5, 0.6) is 11.5 Å². The highest BCUT2D eigenvalue weighted by molar-refractivity contribution is 5.40. The number of aliphatic hydroxyl groups excluding tert-OH is 1. The van der Waals surface area contributed by atoms with Crippen LogP contribution in [0.2, 0.25) is 0 Å². The molecule has 2 atom stereocenters. The van der Waals surface area contributed by atoms with E-state index < -0.39 is 6.10 Å². The van der Waals surface area contributed by atoms with Gasteiger partial charge in [0.15, 0.2) is 5.75 Å². The SMILES string of the molecule is COc1cnn(C)c1C(O)C1CCOc2ccccc21. The minimum atomic E-state index is -0.664. The Hall–Kier alpha value is -2.01. The third kappa shape index (κ3) is 2.04. The number of aryl methyl sites for hydroxylation is 1. The Bertz CT molecular complexity index is 609. The number of benzene rings is 1. The quantitative estimate of drug-likeness (QED) is 0.930. The van der Waals surface area contributed by atoms with Gasteiger partial charge in [0.05, 0.1) is 19.9 Å². The first-order chi connectivity index (χ1) is 9.72. The van der Waals surface area contributed by atoms with E-state index in [4.69, 9.17) is 9.47 Å². The first-order valence-electron chi connectivity index (χ1n) is 6.68. The summed E-state index contributed by atoms with van der Waals surface area (Å²) in [4.78, 5) is 0. The van der Waals surface area contributed by atoms with Crippen LogP contribution in [0.4, 0.5) is 0 Å². The summed E-state index contributed by atoms with van der Waals surface area (Å²) in [5, 5.41) is 14.9. The fourth-order valence-electron chi connectivity index (χ4n) is 2.81. The molecule has 1 aliphatic heterocycles. The van der Waals surface area contributed by atoms with E-state index in [0.29, 0.717) is 18.1 Å². The van der Waals surface area contributed by atoms with Crippen molar-refractivity contribution in [1.82, 2.24) is 9.78 Å². The summed E-state index contributed by atoms with van der Waals surface area (Å²) in [6.45, 7) is 0.610. The fraction of sp³-hybridized carbons (Fsp3) is 0.400. The summed E-state index contributed by atoms with van der Waals surface area (Å²) >= 11 is 0. The zero-order chi connectivity index (χ0) is 14.1. The van der Waals surface area contributed by atoms with Crippen molar-refractivity contribution in [2.45, 2.75) is 18.4 Å². The Labute approximate surface area is 117 Å². The largest absolute Gasteiger partial charge is 0.493 e. The molecule has 5 heteroatoms. The van der Waals surface area contributed by atoms with Crippen molar-refractivity contribution in [1.29, 1.82) is 0 Å². The highest BCUT2D eigenvalue weighted by Crippen LogP contribution is 2.43. The van der Waals surface area contributed by atoms with E-state index >= 15 is 0 Å². The first-order valence-corrected chi connectivity index (χ1v) is 6.68. The lowest BCUT2D eigenvalue weighted by Crippen LogP contribution is -2.21. The molecule has 2 heterocycles. The lowest BCUT2D eigenvalue weighted by molar-refractivity contribution is 0.107. The Morgan fingerprint density at radius 3 is 3.05 bits per heavy atom. The maximum Gasteiger partial charge on any atom is 0.162 e. The van der Waals surface area contributed by atoms with Crippen LogP contribution in [0.15, 0.2) is 30.5 Å². The molecule has 0 spiro atoms. The molecule has 0 amide bonds. The van der Waals surface area contributed by atoms with Crippen LogP contribution in [-0.2, 0) is 7.05 Å². The predicted molar refractivity (Wildman–Crippen MR) is 74.0 cm³/mol. The van der Waals surface area contributed by atoms with Gasteiger partial charge in [0.2, 0.25) is 0 Å². The third-order valence-corrected chi connectivity index (χ3v) is 3.84. The molecule has 0 radical (unpaired) electrons. The van der Waals surface area contributed by atoms with E-state index in [1.165, 1.54) is 0 Å². The van der Waals surface area contributed by atoms with Gasteiger partial charge in [-0.3, -0.25) is 4.68 Å². The molecule has 0 saturated heterocycles. The van der Waals surface area contributed by atoms with E-state index in [1.54, 1.807) is 18.0 Å². The minimum absolute atomic E-state index is 0.00995. The van der Waals surface area contributed by atoms with Crippen molar-refractivity contribution >= 4 is 0 Å². The molecule has 0 saturated carbocycles. The molecule has 2 unspecified atom stereocenters. The van der Waals surface area contributed by atoms with Gasteiger partial charge >= 0.3 is 0 Å².